The lowest BCUT2D eigenvalue weighted by Crippen LogP contribution is -2.56. The Bertz CT molecular complexity index is 746. The third-order valence-electron chi connectivity index (χ3n) is 8.61. The molecule has 27 heavy (non-hydrogen) atoms. The zero-order chi connectivity index (χ0) is 19.4. The van der Waals surface area contributed by atoms with Gasteiger partial charge in [0.25, 0.3) is 0 Å². The van der Waals surface area contributed by atoms with Gasteiger partial charge >= 0.3 is 5.97 Å². The first kappa shape index (κ1) is 18.7. The molecule has 0 radical (unpaired) electrons. The van der Waals surface area contributed by atoms with E-state index in [0.29, 0.717) is 37.2 Å². The van der Waals surface area contributed by atoms with Crippen LogP contribution < -0.4 is 0 Å². The minimum Gasteiger partial charge on any atom is -0.465 e. The van der Waals surface area contributed by atoms with Crippen molar-refractivity contribution in [3.8, 4) is 12.3 Å². The molecule has 3 fully saturated rings. The number of carbonyl (C=O) groups is 2. The van der Waals surface area contributed by atoms with Crippen molar-refractivity contribution >= 4 is 11.8 Å². The summed E-state index contributed by atoms with van der Waals surface area (Å²) in [6.07, 6.45) is 14.3. The van der Waals surface area contributed by atoms with E-state index in [1.54, 1.807) is 0 Å². The SMILES string of the molecule is C#C[C@]1(O)CC[C@H]2[C@@H]3CCC4=CC(=O)CC[C@]4(COC(C)=O)[C@H]3CC[C@@]21C. The summed E-state index contributed by atoms with van der Waals surface area (Å²) in [5, 5.41) is 11.1. The monoisotopic (exact) mass is 370 g/mol. The Morgan fingerprint density at radius 1 is 1.26 bits per heavy atom. The van der Waals surface area contributed by atoms with Gasteiger partial charge in [0.1, 0.15) is 12.2 Å². The Balaban J connectivity index is 1.71. The van der Waals surface area contributed by atoms with Crippen molar-refractivity contribution in [2.45, 2.75) is 70.8 Å². The highest BCUT2D eigenvalue weighted by molar-refractivity contribution is 5.91. The summed E-state index contributed by atoms with van der Waals surface area (Å²) in [6.45, 7) is 4.01. The third-order valence-corrected chi connectivity index (χ3v) is 8.61. The van der Waals surface area contributed by atoms with Gasteiger partial charge in [-0.2, -0.15) is 0 Å². The molecular formula is C23H30O4. The van der Waals surface area contributed by atoms with E-state index in [9.17, 15) is 14.7 Å². The molecule has 0 aromatic rings. The Morgan fingerprint density at radius 3 is 2.70 bits per heavy atom. The van der Waals surface area contributed by atoms with E-state index < -0.39 is 5.60 Å². The Kier molecular flexibility index (Phi) is 4.31. The van der Waals surface area contributed by atoms with Crippen LogP contribution in [0.2, 0.25) is 0 Å². The summed E-state index contributed by atoms with van der Waals surface area (Å²) >= 11 is 0. The molecule has 0 heterocycles. The van der Waals surface area contributed by atoms with Crippen LogP contribution in [0.15, 0.2) is 11.6 Å². The maximum atomic E-state index is 12.1. The number of hydrogen-bond donors (Lipinski definition) is 1. The molecule has 0 aromatic carbocycles. The molecule has 146 valence electrons. The minimum absolute atomic E-state index is 0.199. The number of ketones is 1. The van der Waals surface area contributed by atoms with E-state index in [1.807, 2.05) is 6.08 Å². The Hall–Kier alpha value is -1.60. The van der Waals surface area contributed by atoms with Gasteiger partial charge in [-0.15, -0.1) is 6.42 Å². The van der Waals surface area contributed by atoms with Crippen molar-refractivity contribution in [1.29, 1.82) is 0 Å². The third kappa shape index (κ3) is 2.54. The molecule has 1 N–H and O–H groups in total. The number of hydrogen-bond acceptors (Lipinski definition) is 4. The number of terminal acetylenes is 1. The molecule has 0 aliphatic heterocycles. The second-order valence-electron chi connectivity index (χ2n) is 9.49. The smallest absolute Gasteiger partial charge is 0.302 e. The number of carbonyl (C=O) groups excluding carboxylic acids is 2. The van der Waals surface area contributed by atoms with Gasteiger partial charge in [-0.3, -0.25) is 9.59 Å². The molecule has 6 atom stereocenters. The lowest BCUT2D eigenvalue weighted by Gasteiger charge is -2.59. The zero-order valence-electron chi connectivity index (χ0n) is 16.4. The fourth-order valence-electron chi connectivity index (χ4n) is 7.12. The first-order chi connectivity index (χ1) is 12.8. The van der Waals surface area contributed by atoms with E-state index in [2.05, 4.69) is 12.8 Å². The van der Waals surface area contributed by atoms with Crippen LogP contribution >= 0.6 is 0 Å². The molecule has 0 spiro atoms. The van der Waals surface area contributed by atoms with Gasteiger partial charge in [-0.05, 0) is 68.8 Å². The number of aliphatic hydroxyl groups is 1. The summed E-state index contributed by atoms with van der Waals surface area (Å²) in [7, 11) is 0. The van der Waals surface area contributed by atoms with Gasteiger partial charge in [0, 0.05) is 24.2 Å². The van der Waals surface area contributed by atoms with E-state index in [0.717, 1.165) is 38.5 Å². The highest BCUT2D eigenvalue weighted by Gasteiger charge is 2.64. The van der Waals surface area contributed by atoms with Crippen LogP contribution in [0.25, 0.3) is 0 Å². The molecule has 4 rings (SSSR count). The highest BCUT2D eigenvalue weighted by Crippen LogP contribution is 2.67. The summed E-state index contributed by atoms with van der Waals surface area (Å²) in [6, 6.07) is 0. The molecule has 0 saturated heterocycles. The maximum absolute atomic E-state index is 12.1. The highest BCUT2D eigenvalue weighted by atomic mass is 16.5. The number of rotatable bonds is 2. The van der Waals surface area contributed by atoms with Crippen molar-refractivity contribution in [3.63, 3.8) is 0 Å². The molecule has 4 nitrogen and oxygen atoms in total. The van der Waals surface area contributed by atoms with E-state index >= 15 is 0 Å². The van der Waals surface area contributed by atoms with Gasteiger partial charge in [0.15, 0.2) is 5.78 Å². The van der Waals surface area contributed by atoms with Gasteiger partial charge in [-0.25, -0.2) is 0 Å². The number of esters is 1. The summed E-state index contributed by atoms with van der Waals surface area (Å²) in [5.74, 6) is 3.91. The number of ether oxygens (including phenoxy) is 1. The normalized spacial score (nSPS) is 45.8. The first-order valence-electron chi connectivity index (χ1n) is 10.3. The second kappa shape index (κ2) is 6.21. The summed E-state index contributed by atoms with van der Waals surface area (Å²) in [5.41, 5.74) is -0.266. The van der Waals surface area contributed by atoms with Crippen molar-refractivity contribution in [3.05, 3.63) is 11.6 Å². The van der Waals surface area contributed by atoms with Crippen LogP contribution in [0.1, 0.15) is 65.2 Å². The molecule has 4 aliphatic rings. The minimum atomic E-state index is -1.01. The van der Waals surface area contributed by atoms with Crippen molar-refractivity contribution < 1.29 is 19.4 Å². The van der Waals surface area contributed by atoms with Gasteiger partial charge < -0.3 is 9.84 Å². The zero-order valence-corrected chi connectivity index (χ0v) is 16.4. The van der Waals surface area contributed by atoms with Crippen LogP contribution in [0.3, 0.4) is 0 Å². The Morgan fingerprint density at radius 2 is 2.00 bits per heavy atom. The molecule has 3 saturated carbocycles. The van der Waals surface area contributed by atoms with Crippen LogP contribution in [0.5, 0.6) is 0 Å². The molecule has 4 aliphatic carbocycles. The lowest BCUT2D eigenvalue weighted by atomic mass is 9.46. The average Bonchev–Trinajstić information content (AvgIpc) is 2.92. The predicted octanol–water partition coefficient (Wildman–Crippen LogP) is 3.43. The van der Waals surface area contributed by atoms with E-state index in [1.165, 1.54) is 12.5 Å². The van der Waals surface area contributed by atoms with Gasteiger partial charge in [0.2, 0.25) is 0 Å². The van der Waals surface area contributed by atoms with Crippen molar-refractivity contribution in [2.75, 3.05) is 6.61 Å². The van der Waals surface area contributed by atoms with Gasteiger partial charge in [-0.1, -0.05) is 18.4 Å². The predicted molar refractivity (Wildman–Crippen MR) is 101 cm³/mol. The van der Waals surface area contributed by atoms with E-state index in [4.69, 9.17) is 11.2 Å². The lowest BCUT2D eigenvalue weighted by molar-refractivity contribution is -0.152. The maximum Gasteiger partial charge on any atom is 0.302 e. The average molecular weight is 370 g/mol. The summed E-state index contributed by atoms with van der Waals surface area (Å²) < 4.78 is 5.55. The first-order valence-corrected chi connectivity index (χ1v) is 10.3. The largest absolute Gasteiger partial charge is 0.465 e. The van der Waals surface area contributed by atoms with Crippen molar-refractivity contribution in [2.24, 2.45) is 28.6 Å². The van der Waals surface area contributed by atoms with E-state index in [-0.39, 0.29) is 22.6 Å². The molecule has 0 aromatic heterocycles. The second-order valence-corrected chi connectivity index (χ2v) is 9.49. The van der Waals surface area contributed by atoms with Crippen molar-refractivity contribution in [1.82, 2.24) is 0 Å². The molecular weight excluding hydrogens is 340 g/mol. The topological polar surface area (TPSA) is 63.6 Å². The molecule has 4 heteroatoms. The van der Waals surface area contributed by atoms with Crippen LogP contribution in [-0.4, -0.2) is 29.1 Å². The Labute approximate surface area is 161 Å². The number of fused-ring (bicyclic) bond motifs is 5. The molecule has 0 amide bonds. The fourth-order valence-corrected chi connectivity index (χ4v) is 7.12. The molecule has 0 unspecified atom stereocenters. The van der Waals surface area contributed by atoms with Gasteiger partial charge in [0.05, 0.1) is 0 Å². The summed E-state index contributed by atoms with van der Waals surface area (Å²) in [4.78, 5) is 23.7. The van der Waals surface area contributed by atoms with Crippen LogP contribution in [0, 0.1) is 40.9 Å². The fraction of sp³-hybridized carbons (Fsp3) is 0.739. The molecule has 0 bridgehead atoms. The quantitative estimate of drug-likeness (QED) is 0.597. The standard InChI is InChI=1S/C23H30O4/c1-4-23(26)12-9-19-18-6-5-16-13-17(25)7-11-22(16,14-27-15(2)24)20(18)8-10-21(19,23)3/h1,13,18-20,26H,5-12,14H2,2-3H3/t18-,19-,20-,21-,22+,23-/m0/s1. The van der Waals surface area contributed by atoms with Crippen LogP contribution in [0.4, 0.5) is 0 Å². The van der Waals surface area contributed by atoms with Crippen LogP contribution in [-0.2, 0) is 14.3 Å².